The summed E-state index contributed by atoms with van der Waals surface area (Å²) < 4.78 is 5.19. The maximum atomic E-state index is 9.53. The van der Waals surface area contributed by atoms with Crippen LogP contribution in [0.15, 0.2) is 35.7 Å². The molecule has 0 spiro atoms. The fraction of sp³-hybridized carbons (Fsp3) is 0.333. The van der Waals surface area contributed by atoms with Crippen molar-refractivity contribution in [2.45, 2.75) is 19.8 Å². The predicted molar refractivity (Wildman–Crippen MR) is 61.7 cm³/mol. The number of diazo groups is 1. The number of rotatable bonds is 4. The zero-order valence-electron chi connectivity index (χ0n) is 9.47. The van der Waals surface area contributed by atoms with E-state index in [1.807, 2.05) is 24.3 Å². The summed E-state index contributed by atoms with van der Waals surface area (Å²) in [7, 11) is 1.61. The normalized spacial score (nSPS) is 11.6. The van der Waals surface area contributed by atoms with Crippen LogP contribution in [0.3, 0.4) is 0 Å². The number of aryl methyl sites for hydroxylation is 1. The van der Waals surface area contributed by atoms with Crippen molar-refractivity contribution in [3.8, 4) is 5.75 Å². The molecule has 0 atom stereocenters. The van der Waals surface area contributed by atoms with E-state index in [1.54, 1.807) is 14.0 Å². The fourth-order valence-electron chi connectivity index (χ4n) is 1.40. The third-order valence-corrected chi connectivity index (χ3v) is 2.39. The Morgan fingerprint density at radius 2 is 2.12 bits per heavy atom. The van der Waals surface area contributed by atoms with Crippen molar-refractivity contribution in [3.05, 3.63) is 46.3 Å². The number of aliphatic hydroxyl groups is 1. The van der Waals surface area contributed by atoms with Crippen LogP contribution in [0.25, 0.3) is 4.98 Å². The van der Waals surface area contributed by atoms with E-state index in [9.17, 15) is 5.11 Å². The summed E-state index contributed by atoms with van der Waals surface area (Å²) in [6.45, 7) is 1.55. The molecule has 0 aliphatic carbocycles. The van der Waals surface area contributed by atoms with Crippen molar-refractivity contribution in [1.29, 1.82) is 5.39 Å². The largest absolute Gasteiger partial charge is 0.505 e. The lowest BCUT2D eigenvalue weighted by molar-refractivity contribution is 0.379. The first kappa shape index (κ1) is 12.1. The van der Waals surface area contributed by atoms with Gasteiger partial charge < -0.3 is 9.84 Å². The summed E-state index contributed by atoms with van der Waals surface area (Å²) in [4.78, 5) is 2.94. The van der Waals surface area contributed by atoms with Gasteiger partial charge in [-0.25, -0.2) is 0 Å². The number of benzene rings is 1. The smallest absolute Gasteiger partial charge is 0.395 e. The van der Waals surface area contributed by atoms with Gasteiger partial charge in [-0.1, -0.05) is 18.2 Å². The van der Waals surface area contributed by atoms with Gasteiger partial charge in [-0.15, -0.1) is 0 Å². The molecule has 0 fully saturated rings. The van der Waals surface area contributed by atoms with Gasteiger partial charge in [0.05, 0.1) is 7.11 Å². The lowest BCUT2D eigenvalue weighted by Crippen LogP contribution is -1.94. The van der Waals surface area contributed by atoms with E-state index >= 15 is 0 Å². The van der Waals surface area contributed by atoms with Gasteiger partial charge in [-0.3, -0.25) is 0 Å². The van der Waals surface area contributed by atoms with Crippen LogP contribution >= 0.6 is 0 Å². The fourth-order valence-corrected chi connectivity index (χ4v) is 1.40. The highest BCUT2D eigenvalue weighted by Gasteiger charge is 2.12. The molecular formula is C12H15N2O2+. The summed E-state index contributed by atoms with van der Waals surface area (Å²) in [5.74, 6) is 0.891. The number of para-hydroxylation sites is 1. The Balaban J connectivity index is 2.73. The van der Waals surface area contributed by atoms with Gasteiger partial charge in [-0.05, 0) is 18.1 Å². The molecule has 1 rings (SSSR count). The SMILES string of the molecule is COc1ccccc1CC/C(O)=C(/C)[N+]#N. The van der Waals surface area contributed by atoms with Crippen molar-refractivity contribution in [2.75, 3.05) is 7.11 Å². The van der Waals surface area contributed by atoms with Crippen molar-refractivity contribution in [3.63, 3.8) is 0 Å². The molecule has 16 heavy (non-hydrogen) atoms. The molecule has 0 saturated carbocycles. The topological polar surface area (TPSA) is 57.6 Å². The molecule has 1 N–H and O–H groups in total. The molecule has 0 amide bonds. The Bertz CT molecular complexity index is 433. The minimum atomic E-state index is 0.0911. The molecule has 1 aromatic rings. The van der Waals surface area contributed by atoms with Gasteiger partial charge >= 0.3 is 5.70 Å². The van der Waals surface area contributed by atoms with Crippen molar-refractivity contribution >= 4 is 0 Å². The van der Waals surface area contributed by atoms with E-state index in [2.05, 4.69) is 4.98 Å². The number of allylic oxidation sites excluding steroid dienone is 2. The lowest BCUT2D eigenvalue weighted by Gasteiger charge is -2.06. The molecule has 0 heterocycles. The molecule has 0 unspecified atom stereocenters. The molecule has 0 aliphatic rings. The van der Waals surface area contributed by atoms with Crippen LogP contribution in [0.2, 0.25) is 0 Å². The van der Waals surface area contributed by atoms with E-state index < -0.39 is 0 Å². The summed E-state index contributed by atoms with van der Waals surface area (Å²) in [6.07, 6.45) is 1.07. The number of methoxy groups -OCH3 is 1. The maximum Gasteiger partial charge on any atom is 0.395 e. The number of hydrogen-bond acceptors (Lipinski definition) is 3. The second kappa shape index (κ2) is 5.76. The standard InChI is InChI=1S/C12H14N2O2/c1-9(14-13)11(15)8-7-10-5-3-4-6-12(10)16-2/h3-6H,7-8H2,1-2H3/p+1/b11-9+. The Kier molecular flexibility index (Phi) is 4.34. The molecule has 0 aliphatic heterocycles. The van der Waals surface area contributed by atoms with Crippen LogP contribution in [-0.2, 0) is 6.42 Å². The van der Waals surface area contributed by atoms with Gasteiger partial charge in [-0.2, -0.15) is 0 Å². The first-order valence-electron chi connectivity index (χ1n) is 5.04. The average Bonchev–Trinajstić information content (AvgIpc) is 2.35. The summed E-state index contributed by atoms with van der Waals surface area (Å²) in [5, 5.41) is 18.0. The van der Waals surface area contributed by atoms with Crippen LogP contribution in [0.5, 0.6) is 5.75 Å². The predicted octanol–water partition coefficient (Wildman–Crippen LogP) is 3.27. The van der Waals surface area contributed by atoms with Gasteiger partial charge in [0.15, 0.2) is 10.7 Å². The molecule has 4 heteroatoms. The minimum absolute atomic E-state index is 0.0911. The molecule has 4 nitrogen and oxygen atoms in total. The Hall–Kier alpha value is -2.02. The third-order valence-electron chi connectivity index (χ3n) is 2.39. The van der Waals surface area contributed by atoms with Crippen LogP contribution < -0.4 is 4.74 Å². The van der Waals surface area contributed by atoms with E-state index in [-0.39, 0.29) is 11.5 Å². The van der Waals surface area contributed by atoms with Crippen LogP contribution in [0, 0.1) is 5.39 Å². The van der Waals surface area contributed by atoms with Gasteiger partial charge in [0.2, 0.25) is 5.39 Å². The minimum Gasteiger partial charge on any atom is -0.505 e. The second-order valence-electron chi connectivity index (χ2n) is 3.44. The van der Waals surface area contributed by atoms with Gasteiger partial charge in [0, 0.05) is 13.3 Å². The van der Waals surface area contributed by atoms with Crippen molar-refractivity contribution < 1.29 is 9.84 Å². The first-order valence-corrected chi connectivity index (χ1v) is 5.04. The van der Waals surface area contributed by atoms with Gasteiger partial charge in [0.1, 0.15) is 5.75 Å². The molecular weight excluding hydrogens is 204 g/mol. The number of ether oxygens (including phenoxy) is 1. The summed E-state index contributed by atoms with van der Waals surface area (Å²) in [6, 6.07) is 7.63. The van der Waals surface area contributed by atoms with Crippen molar-refractivity contribution in [2.24, 2.45) is 0 Å². The second-order valence-corrected chi connectivity index (χ2v) is 3.44. The highest BCUT2D eigenvalue weighted by Crippen LogP contribution is 2.20. The number of aliphatic hydroxyl groups excluding tert-OH is 1. The third kappa shape index (κ3) is 2.99. The maximum absolute atomic E-state index is 9.53. The first-order chi connectivity index (χ1) is 7.69. The van der Waals surface area contributed by atoms with Crippen LogP contribution in [-0.4, -0.2) is 12.2 Å². The average molecular weight is 219 g/mol. The highest BCUT2D eigenvalue weighted by atomic mass is 16.5. The lowest BCUT2D eigenvalue weighted by atomic mass is 10.1. The summed E-state index contributed by atoms with van der Waals surface area (Å²) >= 11 is 0. The van der Waals surface area contributed by atoms with E-state index in [1.165, 1.54) is 0 Å². The van der Waals surface area contributed by atoms with Crippen LogP contribution in [0.4, 0.5) is 0 Å². The Morgan fingerprint density at radius 1 is 1.44 bits per heavy atom. The number of nitrogens with zero attached hydrogens (tertiary/aromatic N) is 2. The molecule has 84 valence electrons. The molecule has 0 aromatic heterocycles. The monoisotopic (exact) mass is 219 g/mol. The quantitative estimate of drug-likeness (QED) is 0.624. The Morgan fingerprint density at radius 3 is 2.75 bits per heavy atom. The van der Waals surface area contributed by atoms with E-state index in [0.717, 1.165) is 11.3 Å². The molecule has 0 bridgehead atoms. The molecule has 0 saturated heterocycles. The van der Waals surface area contributed by atoms with E-state index in [0.29, 0.717) is 12.8 Å². The van der Waals surface area contributed by atoms with Crippen molar-refractivity contribution in [1.82, 2.24) is 0 Å². The Labute approximate surface area is 94.8 Å². The zero-order valence-corrected chi connectivity index (χ0v) is 9.47. The highest BCUT2D eigenvalue weighted by molar-refractivity contribution is 5.33. The zero-order chi connectivity index (χ0) is 12.0. The molecule has 0 radical (unpaired) electrons. The summed E-state index contributed by atoms with van der Waals surface area (Å²) in [5.41, 5.74) is 1.26. The van der Waals surface area contributed by atoms with Crippen LogP contribution in [0.1, 0.15) is 18.9 Å². The molecule has 1 aromatic carbocycles. The number of hydrogen-bond donors (Lipinski definition) is 1. The van der Waals surface area contributed by atoms with Gasteiger partial charge in [0.25, 0.3) is 0 Å². The van der Waals surface area contributed by atoms with E-state index in [4.69, 9.17) is 10.1 Å².